The van der Waals surface area contributed by atoms with Crippen molar-refractivity contribution in [1.29, 1.82) is 0 Å². The maximum Gasteiger partial charge on any atom is 0.127 e. The van der Waals surface area contributed by atoms with Crippen LogP contribution in [0.1, 0.15) is 23.6 Å². The van der Waals surface area contributed by atoms with Gasteiger partial charge >= 0.3 is 0 Å². The second-order valence-corrected chi connectivity index (χ2v) is 5.84. The monoisotopic (exact) mass is 357 g/mol. The van der Waals surface area contributed by atoms with E-state index in [-0.39, 0.29) is 12.4 Å². The Balaban J connectivity index is 0.00000225. The molecule has 0 saturated carbocycles. The standard InChI is InChI=1S/C20H23N3O.ClH/c1-3-23-13-19(12-22-23)17-9-15(2)20(18(10-17)11-21)24-14-16-7-5-4-6-8-16;/h4-10,12-13H,3,11,14,21H2,1-2H3;1H. The van der Waals surface area contributed by atoms with Gasteiger partial charge < -0.3 is 10.5 Å². The van der Waals surface area contributed by atoms with Gasteiger partial charge in [0.05, 0.1) is 6.20 Å². The molecule has 5 heteroatoms. The Bertz CT molecular complexity index is 815. The van der Waals surface area contributed by atoms with Crippen molar-refractivity contribution >= 4 is 12.4 Å². The van der Waals surface area contributed by atoms with E-state index in [1.807, 2.05) is 29.1 Å². The lowest BCUT2D eigenvalue weighted by atomic mass is 10.0. The lowest BCUT2D eigenvalue weighted by Crippen LogP contribution is -2.05. The summed E-state index contributed by atoms with van der Waals surface area (Å²) in [4.78, 5) is 0. The summed E-state index contributed by atoms with van der Waals surface area (Å²) in [7, 11) is 0. The Morgan fingerprint density at radius 2 is 1.88 bits per heavy atom. The van der Waals surface area contributed by atoms with E-state index in [0.717, 1.165) is 40.1 Å². The fourth-order valence-corrected chi connectivity index (χ4v) is 2.79. The highest BCUT2D eigenvalue weighted by Gasteiger charge is 2.11. The summed E-state index contributed by atoms with van der Waals surface area (Å²) in [5.74, 6) is 0.882. The van der Waals surface area contributed by atoms with Crippen LogP contribution < -0.4 is 10.5 Å². The molecule has 0 aliphatic rings. The zero-order valence-electron chi connectivity index (χ0n) is 14.6. The number of halogens is 1. The van der Waals surface area contributed by atoms with Gasteiger partial charge in [-0.05, 0) is 42.7 Å². The molecule has 0 bridgehead atoms. The van der Waals surface area contributed by atoms with Gasteiger partial charge in [-0.2, -0.15) is 5.10 Å². The molecule has 0 atom stereocenters. The van der Waals surface area contributed by atoms with Gasteiger partial charge in [0.1, 0.15) is 12.4 Å². The number of benzene rings is 2. The van der Waals surface area contributed by atoms with Gasteiger partial charge in [0.2, 0.25) is 0 Å². The molecule has 0 amide bonds. The Kier molecular flexibility index (Phi) is 6.62. The Hall–Kier alpha value is -2.30. The summed E-state index contributed by atoms with van der Waals surface area (Å²) in [6.45, 7) is 5.99. The fourth-order valence-electron chi connectivity index (χ4n) is 2.79. The second-order valence-electron chi connectivity index (χ2n) is 5.84. The van der Waals surface area contributed by atoms with Crippen LogP contribution in [0.2, 0.25) is 0 Å². The number of rotatable bonds is 6. The molecule has 1 aromatic heterocycles. The van der Waals surface area contributed by atoms with Crippen molar-refractivity contribution in [3.05, 3.63) is 71.5 Å². The van der Waals surface area contributed by atoms with E-state index in [2.05, 4.69) is 49.4 Å². The van der Waals surface area contributed by atoms with Crippen LogP contribution in [-0.2, 0) is 19.7 Å². The van der Waals surface area contributed by atoms with Gasteiger partial charge in [0, 0.05) is 30.4 Å². The molecule has 4 nitrogen and oxygen atoms in total. The highest BCUT2D eigenvalue weighted by Crippen LogP contribution is 2.31. The number of aromatic nitrogens is 2. The highest BCUT2D eigenvalue weighted by molar-refractivity contribution is 5.85. The van der Waals surface area contributed by atoms with Crippen molar-refractivity contribution in [3.8, 4) is 16.9 Å². The van der Waals surface area contributed by atoms with Gasteiger partial charge in [-0.3, -0.25) is 4.68 Å². The molecule has 0 unspecified atom stereocenters. The van der Waals surface area contributed by atoms with Crippen molar-refractivity contribution in [1.82, 2.24) is 9.78 Å². The molecule has 3 aromatic rings. The van der Waals surface area contributed by atoms with Gasteiger partial charge in [0.15, 0.2) is 0 Å². The van der Waals surface area contributed by atoms with Gasteiger partial charge in [-0.1, -0.05) is 30.3 Å². The zero-order chi connectivity index (χ0) is 16.9. The number of nitrogens with zero attached hydrogens (tertiary/aromatic N) is 2. The van der Waals surface area contributed by atoms with Crippen molar-refractivity contribution in [2.75, 3.05) is 0 Å². The third-order valence-electron chi connectivity index (χ3n) is 4.09. The van der Waals surface area contributed by atoms with E-state index >= 15 is 0 Å². The fraction of sp³-hybridized carbons (Fsp3) is 0.250. The third kappa shape index (κ3) is 4.41. The topological polar surface area (TPSA) is 53.1 Å². The van der Waals surface area contributed by atoms with Gasteiger partial charge in [-0.25, -0.2) is 0 Å². The molecule has 1 heterocycles. The summed E-state index contributed by atoms with van der Waals surface area (Å²) < 4.78 is 7.98. The lowest BCUT2D eigenvalue weighted by Gasteiger charge is -2.15. The zero-order valence-corrected chi connectivity index (χ0v) is 15.4. The molecular weight excluding hydrogens is 334 g/mol. The highest BCUT2D eigenvalue weighted by atomic mass is 35.5. The van der Waals surface area contributed by atoms with Crippen LogP contribution in [0.15, 0.2) is 54.9 Å². The summed E-state index contributed by atoms with van der Waals surface area (Å²) in [5, 5.41) is 4.35. The number of ether oxygens (including phenoxy) is 1. The Labute approximate surface area is 155 Å². The minimum Gasteiger partial charge on any atom is -0.488 e. The summed E-state index contributed by atoms with van der Waals surface area (Å²) >= 11 is 0. The van der Waals surface area contributed by atoms with Crippen LogP contribution in [0, 0.1) is 6.92 Å². The lowest BCUT2D eigenvalue weighted by molar-refractivity contribution is 0.301. The molecule has 0 aliphatic heterocycles. The van der Waals surface area contributed by atoms with E-state index < -0.39 is 0 Å². The van der Waals surface area contributed by atoms with E-state index in [1.54, 1.807) is 0 Å². The van der Waals surface area contributed by atoms with E-state index in [4.69, 9.17) is 10.5 Å². The number of nitrogens with two attached hydrogens (primary N) is 1. The largest absolute Gasteiger partial charge is 0.488 e. The molecule has 0 aliphatic carbocycles. The van der Waals surface area contributed by atoms with E-state index in [0.29, 0.717) is 13.2 Å². The maximum atomic E-state index is 6.06. The first-order valence-corrected chi connectivity index (χ1v) is 8.24. The number of aryl methyl sites for hydroxylation is 2. The van der Waals surface area contributed by atoms with Crippen LogP contribution in [0.3, 0.4) is 0 Å². The summed E-state index contributed by atoms with van der Waals surface area (Å²) in [5.41, 5.74) is 11.4. The van der Waals surface area contributed by atoms with Gasteiger partial charge in [0.25, 0.3) is 0 Å². The molecule has 3 rings (SSSR count). The number of hydrogen-bond donors (Lipinski definition) is 1. The molecule has 2 N–H and O–H groups in total. The first-order chi connectivity index (χ1) is 11.7. The Morgan fingerprint density at radius 3 is 2.52 bits per heavy atom. The molecule has 0 saturated heterocycles. The first-order valence-electron chi connectivity index (χ1n) is 8.24. The molecule has 0 radical (unpaired) electrons. The minimum absolute atomic E-state index is 0. The predicted octanol–water partition coefficient (Wildman–Crippen LogP) is 4.34. The van der Waals surface area contributed by atoms with Gasteiger partial charge in [-0.15, -0.1) is 12.4 Å². The molecule has 0 fully saturated rings. The molecule has 2 aromatic carbocycles. The van der Waals surface area contributed by atoms with Crippen LogP contribution in [0.25, 0.3) is 11.1 Å². The third-order valence-corrected chi connectivity index (χ3v) is 4.09. The second kappa shape index (κ2) is 8.70. The predicted molar refractivity (Wildman–Crippen MR) is 104 cm³/mol. The minimum atomic E-state index is 0. The first kappa shape index (κ1) is 19.0. The van der Waals surface area contributed by atoms with E-state index in [1.165, 1.54) is 0 Å². The maximum absolute atomic E-state index is 6.06. The van der Waals surface area contributed by atoms with Crippen LogP contribution >= 0.6 is 12.4 Å². The van der Waals surface area contributed by atoms with Crippen LogP contribution in [0.4, 0.5) is 0 Å². The number of hydrogen-bond acceptors (Lipinski definition) is 3. The molecule has 25 heavy (non-hydrogen) atoms. The smallest absolute Gasteiger partial charge is 0.127 e. The SMILES string of the molecule is CCn1cc(-c2cc(C)c(OCc3ccccc3)c(CN)c2)cn1.Cl. The van der Waals surface area contributed by atoms with Crippen molar-refractivity contribution in [3.63, 3.8) is 0 Å². The van der Waals surface area contributed by atoms with Crippen LogP contribution in [-0.4, -0.2) is 9.78 Å². The van der Waals surface area contributed by atoms with Crippen molar-refractivity contribution in [2.45, 2.75) is 33.5 Å². The van der Waals surface area contributed by atoms with E-state index in [9.17, 15) is 0 Å². The average molecular weight is 358 g/mol. The van der Waals surface area contributed by atoms with Crippen molar-refractivity contribution < 1.29 is 4.74 Å². The molecule has 132 valence electrons. The summed E-state index contributed by atoms with van der Waals surface area (Å²) in [6.07, 6.45) is 3.95. The molecular formula is C20H24ClN3O. The quantitative estimate of drug-likeness (QED) is 0.714. The van der Waals surface area contributed by atoms with Crippen molar-refractivity contribution in [2.24, 2.45) is 5.73 Å². The Morgan fingerprint density at radius 1 is 1.12 bits per heavy atom. The van der Waals surface area contributed by atoms with Crippen LogP contribution in [0.5, 0.6) is 5.75 Å². The average Bonchev–Trinajstić information content (AvgIpc) is 3.10. The summed E-state index contributed by atoms with van der Waals surface area (Å²) in [6, 6.07) is 14.4. The molecule has 0 spiro atoms. The normalized spacial score (nSPS) is 10.4.